The summed E-state index contributed by atoms with van der Waals surface area (Å²) in [6.07, 6.45) is 3.35. The van der Waals surface area contributed by atoms with Crippen molar-refractivity contribution >= 4 is 11.0 Å². The van der Waals surface area contributed by atoms with Crippen LogP contribution in [-0.2, 0) is 13.6 Å². The first-order chi connectivity index (χ1) is 12.6. The second-order valence-corrected chi connectivity index (χ2v) is 6.83. The second kappa shape index (κ2) is 6.88. The lowest BCUT2D eigenvalue weighted by Crippen LogP contribution is -2.39. The standard InChI is InChI=1S/C20H22N4O2/c1-23-19(25)15-10-11-17(16-9-5-6-12-21-16)22-18(15)24(20(23)26)13-14-7-3-2-4-8-14/h2-4,7-8,10-11,16,21H,5-6,9,12-13H2,1H3/t16-/m0/s1. The molecule has 1 saturated heterocycles. The number of nitrogens with zero attached hydrogens (tertiary/aromatic N) is 3. The molecular weight excluding hydrogens is 328 g/mol. The second-order valence-electron chi connectivity index (χ2n) is 6.83. The Kier molecular flexibility index (Phi) is 4.42. The number of benzene rings is 1. The minimum Gasteiger partial charge on any atom is -0.309 e. The lowest BCUT2D eigenvalue weighted by Gasteiger charge is -2.23. The number of aromatic nitrogens is 3. The number of pyridine rings is 1. The topological polar surface area (TPSA) is 68.9 Å². The van der Waals surface area contributed by atoms with Crippen molar-refractivity contribution in [2.75, 3.05) is 6.54 Å². The zero-order valence-electron chi connectivity index (χ0n) is 14.8. The number of hydrogen-bond donors (Lipinski definition) is 1. The summed E-state index contributed by atoms with van der Waals surface area (Å²) in [4.78, 5) is 30.0. The molecule has 134 valence electrons. The van der Waals surface area contributed by atoms with Gasteiger partial charge in [-0.1, -0.05) is 36.8 Å². The van der Waals surface area contributed by atoms with Gasteiger partial charge in [-0.05, 0) is 37.1 Å². The summed E-state index contributed by atoms with van der Waals surface area (Å²) in [6, 6.07) is 13.6. The molecule has 0 radical (unpaired) electrons. The highest BCUT2D eigenvalue weighted by Crippen LogP contribution is 2.22. The van der Waals surface area contributed by atoms with E-state index in [1.165, 1.54) is 13.5 Å². The molecule has 26 heavy (non-hydrogen) atoms. The Balaban J connectivity index is 1.89. The van der Waals surface area contributed by atoms with Gasteiger partial charge in [-0.3, -0.25) is 13.9 Å². The summed E-state index contributed by atoms with van der Waals surface area (Å²) >= 11 is 0. The predicted octanol–water partition coefficient (Wildman–Crippen LogP) is 1.96. The van der Waals surface area contributed by atoms with Gasteiger partial charge in [0.05, 0.1) is 17.6 Å². The minimum atomic E-state index is -0.340. The number of nitrogens with one attached hydrogen (secondary N) is 1. The van der Waals surface area contributed by atoms with E-state index in [4.69, 9.17) is 4.98 Å². The highest BCUT2D eigenvalue weighted by Gasteiger charge is 2.19. The third kappa shape index (κ3) is 2.97. The van der Waals surface area contributed by atoms with Crippen LogP contribution in [0.5, 0.6) is 0 Å². The first kappa shape index (κ1) is 16.7. The molecule has 1 aliphatic heterocycles. The quantitative estimate of drug-likeness (QED) is 0.784. The van der Waals surface area contributed by atoms with Gasteiger partial charge in [0, 0.05) is 13.1 Å². The van der Waals surface area contributed by atoms with Crippen LogP contribution < -0.4 is 16.6 Å². The molecule has 0 saturated carbocycles. The molecule has 1 aromatic carbocycles. The predicted molar refractivity (Wildman–Crippen MR) is 101 cm³/mol. The number of hydrogen-bond acceptors (Lipinski definition) is 4. The molecule has 1 aliphatic rings. The molecule has 2 aromatic heterocycles. The fraction of sp³-hybridized carbons (Fsp3) is 0.350. The lowest BCUT2D eigenvalue weighted by atomic mass is 10.0. The maximum atomic E-state index is 12.8. The number of rotatable bonds is 3. The minimum absolute atomic E-state index is 0.178. The maximum absolute atomic E-state index is 12.8. The van der Waals surface area contributed by atoms with Crippen molar-refractivity contribution < 1.29 is 0 Å². The molecule has 1 atom stereocenters. The van der Waals surface area contributed by atoms with Crippen molar-refractivity contribution in [3.05, 3.63) is 74.6 Å². The summed E-state index contributed by atoms with van der Waals surface area (Å²) in [5.74, 6) is 0. The van der Waals surface area contributed by atoms with E-state index in [1.807, 2.05) is 36.4 Å². The fourth-order valence-electron chi connectivity index (χ4n) is 3.58. The van der Waals surface area contributed by atoms with Gasteiger partial charge in [-0.15, -0.1) is 0 Å². The molecule has 0 bridgehead atoms. The molecule has 4 rings (SSSR count). The van der Waals surface area contributed by atoms with Crippen LogP contribution in [0, 0.1) is 0 Å². The van der Waals surface area contributed by atoms with Crippen molar-refractivity contribution in [1.29, 1.82) is 0 Å². The number of piperidine rings is 1. The van der Waals surface area contributed by atoms with Crippen LogP contribution in [0.3, 0.4) is 0 Å². The Hall–Kier alpha value is -2.73. The fourth-order valence-corrected chi connectivity index (χ4v) is 3.58. The van der Waals surface area contributed by atoms with Crippen LogP contribution in [-0.4, -0.2) is 20.7 Å². The van der Waals surface area contributed by atoms with Gasteiger partial charge in [0.1, 0.15) is 5.65 Å². The van der Waals surface area contributed by atoms with Crippen molar-refractivity contribution in [3.8, 4) is 0 Å². The zero-order valence-corrected chi connectivity index (χ0v) is 14.8. The largest absolute Gasteiger partial charge is 0.332 e. The van der Waals surface area contributed by atoms with Gasteiger partial charge >= 0.3 is 5.69 Å². The summed E-state index contributed by atoms with van der Waals surface area (Å²) in [5, 5.41) is 3.95. The van der Waals surface area contributed by atoms with Crippen molar-refractivity contribution in [1.82, 2.24) is 19.4 Å². The SMILES string of the molecule is Cn1c(=O)c2ccc([C@@H]3CCCCN3)nc2n(Cc2ccccc2)c1=O. The van der Waals surface area contributed by atoms with Gasteiger partial charge in [-0.25, -0.2) is 9.78 Å². The molecule has 6 nitrogen and oxygen atoms in total. The normalized spacial score (nSPS) is 17.5. The first-order valence-electron chi connectivity index (χ1n) is 9.03. The van der Waals surface area contributed by atoms with E-state index < -0.39 is 0 Å². The molecule has 0 aliphatic carbocycles. The highest BCUT2D eigenvalue weighted by molar-refractivity contribution is 5.74. The van der Waals surface area contributed by atoms with E-state index >= 15 is 0 Å². The van der Waals surface area contributed by atoms with Crippen molar-refractivity contribution in [2.45, 2.75) is 31.8 Å². The molecule has 1 N–H and O–H groups in total. The van der Waals surface area contributed by atoms with Gasteiger partial charge in [0.25, 0.3) is 5.56 Å². The van der Waals surface area contributed by atoms with Crippen LogP contribution >= 0.6 is 0 Å². The van der Waals surface area contributed by atoms with E-state index in [1.54, 1.807) is 10.6 Å². The molecule has 0 amide bonds. The van der Waals surface area contributed by atoms with Gasteiger partial charge in [0.15, 0.2) is 0 Å². The van der Waals surface area contributed by atoms with Crippen LogP contribution in [0.1, 0.15) is 36.6 Å². The van der Waals surface area contributed by atoms with E-state index in [0.29, 0.717) is 17.6 Å². The van der Waals surface area contributed by atoms with E-state index in [9.17, 15) is 9.59 Å². The Morgan fingerprint density at radius 3 is 2.65 bits per heavy atom. The Labute approximate surface area is 151 Å². The average molecular weight is 350 g/mol. The summed E-state index contributed by atoms with van der Waals surface area (Å²) in [5.41, 5.74) is 1.72. The molecule has 0 unspecified atom stereocenters. The van der Waals surface area contributed by atoms with E-state index in [2.05, 4.69) is 5.32 Å². The first-order valence-corrected chi connectivity index (χ1v) is 9.03. The van der Waals surface area contributed by atoms with E-state index in [0.717, 1.165) is 35.2 Å². The molecule has 1 fully saturated rings. The lowest BCUT2D eigenvalue weighted by molar-refractivity contribution is 0.405. The van der Waals surface area contributed by atoms with Crippen LogP contribution in [0.4, 0.5) is 0 Å². The summed E-state index contributed by atoms with van der Waals surface area (Å²) in [7, 11) is 1.52. The summed E-state index contributed by atoms with van der Waals surface area (Å²) < 4.78 is 2.75. The van der Waals surface area contributed by atoms with Crippen molar-refractivity contribution in [2.24, 2.45) is 7.05 Å². The molecule has 0 spiro atoms. The molecular formula is C20H22N4O2. The van der Waals surface area contributed by atoms with Gasteiger partial charge in [-0.2, -0.15) is 0 Å². The van der Waals surface area contributed by atoms with Crippen LogP contribution in [0.25, 0.3) is 11.0 Å². The monoisotopic (exact) mass is 350 g/mol. The zero-order chi connectivity index (χ0) is 18.1. The van der Waals surface area contributed by atoms with Crippen LogP contribution in [0.2, 0.25) is 0 Å². The maximum Gasteiger partial charge on any atom is 0.332 e. The Morgan fingerprint density at radius 1 is 1.12 bits per heavy atom. The Bertz CT molecular complexity index is 1050. The highest BCUT2D eigenvalue weighted by atomic mass is 16.2. The average Bonchev–Trinajstić information content (AvgIpc) is 2.70. The van der Waals surface area contributed by atoms with Crippen molar-refractivity contribution in [3.63, 3.8) is 0 Å². The third-order valence-electron chi connectivity index (χ3n) is 5.06. The van der Waals surface area contributed by atoms with Crippen LogP contribution in [0.15, 0.2) is 52.1 Å². The molecule has 6 heteroatoms. The Morgan fingerprint density at radius 2 is 1.92 bits per heavy atom. The van der Waals surface area contributed by atoms with Gasteiger partial charge < -0.3 is 5.32 Å². The van der Waals surface area contributed by atoms with E-state index in [-0.39, 0.29) is 17.3 Å². The molecule has 3 heterocycles. The third-order valence-corrected chi connectivity index (χ3v) is 5.06. The molecule has 3 aromatic rings. The van der Waals surface area contributed by atoms with Gasteiger partial charge in [0.2, 0.25) is 0 Å². The summed E-state index contributed by atoms with van der Waals surface area (Å²) in [6.45, 7) is 1.36. The smallest absolute Gasteiger partial charge is 0.309 e. The number of fused-ring (bicyclic) bond motifs is 1.